The van der Waals surface area contributed by atoms with E-state index < -0.39 is 0 Å². The van der Waals surface area contributed by atoms with Gasteiger partial charge in [0.05, 0.1) is 18.6 Å². The average molecular weight is 436 g/mol. The monoisotopic (exact) mass is 435 g/mol. The van der Waals surface area contributed by atoms with Gasteiger partial charge in [-0.05, 0) is 69.4 Å². The summed E-state index contributed by atoms with van der Waals surface area (Å²) < 4.78 is 5.51. The van der Waals surface area contributed by atoms with Crippen molar-refractivity contribution in [2.45, 2.75) is 50.6 Å². The number of hydrogen-bond acceptors (Lipinski definition) is 7. The van der Waals surface area contributed by atoms with Crippen molar-refractivity contribution in [3.8, 4) is 0 Å². The quantitative estimate of drug-likeness (QED) is 0.743. The molecule has 3 aliphatic heterocycles. The first-order chi connectivity index (χ1) is 14.3. The predicted octanol–water partition coefficient (Wildman–Crippen LogP) is 3.33. The Bertz CT molecular complexity index is 834. The molecule has 0 spiro atoms. The van der Waals surface area contributed by atoms with Crippen molar-refractivity contribution < 1.29 is 4.74 Å². The van der Waals surface area contributed by atoms with Crippen LogP contribution in [0.25, 0.3) is 10.2 Å². The summed E-state index contributed by atoms with van der Waals surface area (Å²) >= 11 is 8.08. The van der Waals surface area contributed by atoms with Crippen molar-refractivity contribution in [3.63, 3.8) is 0 Å². The lowest BCUT2D eigenvalue weighted by molar-refractivity contribution is 0.0767. The van der Waals surface area contributed by atoms with Crippen LogP contribution in [0.15, 0.2) is 6.07 Å². The Morgan fingerprint density at radius 2 is 1.93 bits per heavy atom. The zero-order chi connectivity index (χ0) is 19.6. The minimum absolute atomic E-state index is 0.349. The second-order valence-electron chi connectivity index (χ2n) is 8.42. The maximum atomic E-state index is 6.28. The van der Waals surface area contributed by atoms with Gasteiger partial charge in [0.15, 0.2) is 0 Å². The number of fused-ring (bicyclic) bond motifs is 1. The van der Waals surface area contributed by atoms with Gasteiger partial charge in [0, 0.05) is 30.1 Å². The van der Waals surface area contributed by atoms with E-state index in [9.17, 15) is 0 Å². The molecule has 0 aliphatic carbocycles. The van der Waals surface area contributed by atoms with E-state index in [4.69, 9.17) is 16.3 Å². The molecule has 0 bridgehead atoms. The van der Waals surface area contributed by atoms with E-state index in [-0.39, 0.29) is 0 Å². The number of likely N-dealkylation sites (tertiary alicyclic amines) is 1. The molecule has 2 aromatic rings. The first kappa shape index (κ1) is 19.9. The summed E-state index contributed by atoms with van der Waals surface area (Å²) in [6.07, 6.45) is 7.68. The third kappa shape index (κ3) is 4.39. The van der Waals surface area contributed by atoms with Crippen molar-refractivity contribution in [2.75, 3.05) is 50.8 Å². The number of aromatic nitrogens is 2. The van der Waals surface area contributed by atoms with Crippen LogP contribution in [0.3, 0.4) is 0 Å². The molecule has 5 heterocycles. The summed E-state index contributed by atoms with van der Waals surface area (Å²) in [7, 11) is 0. The fourth-order valence-corrected chi connectivity index (χ4v) is 6.45. The summed E-state index contributed by atoms with van der Waals surface area (Å²) in [5.41, 5.74) is 0. The number of morpholine rings is 1. The Hall–Kier alpha value is -0.990. The first-order valence-corrected chi connectivity index (χ1v) is 12.2. The second-order valence-corrected chi connectivity index (χ2v) is 9.87. The molecule has 1 atom stereocenters. The van der Waals surface area contributed by atoms with Crippen molar-refractivity contribution in [1.29, 1.82) is 0 Å². The Labute approximate surface area is 181 Å². The molecule has 0 aromatic carbocycles. The molecule has 0 saturated carbocycles. The number of nitrogens with zero attached hydrogens (tertiary/aromatic N) is 4. The Morgan fingerprint density at radius 1 is 1.10 bits per heavy atom. The molecule has 3 fully saturated rings. The highest BCUT2D eigenvalue weighted by Crippen LogP contribution is 2.35. The fraction of sp³-hybridized carbons (Fsp3) is 0.714. The van der Waals surface area contributed by atoms with Crippen molar-refractivity contribution >= 4 is 39.0 Å². The third-order valence-corrected chi connectivity index (χ3v) is 7.81. The van der Waals surface area contributed by atoms with Crippen LogP contribution >= 0.6 is 22.9 Å². The smallest absolute Gasteiger partial charge is 0.225 e. The molecular weight excluding hydrogens is 406 g/mol. The van der Waals surface area contributed by atoms with Crippen molar-refractivity contribution in [1.82, 2.24) is 20.2 Å². The molecule has 0 amide bonds. The molecule has 3 saturated heterocycles. The molecule has 29 heavy (non-hydrogen) atoms. The lowest BCUT2D eigenvalue weighted by Crippen LogP contribution is -2.50. The topological polar surface area (TPSA) is 53.5 Å². The van der Waals surface area contributed by atoms with Gasteiger partial charge in [-0.2, -0.15) is 4.98 Å². The highest BCUT2D eigenvalue weighted by molar-refractivity contribution is 7.18. The number of piperidine rings is 2. The van der Waals surface area contributed by atoms with Crippen LogP contribution in [-0.2, 0) is 11.2 Å². The number of anilines is 1. The molecule has 158 valence electrons. The van der Waals surface area contributed by atoms with Gasteiger partial charge in [-0.1, -0.05) is 6.42 Å². The van der Waals surface area contributed by atoms with Gasteiger partial charge in [0.2, 0.25) is 5.28 Å². The van der Waals surface area contributed by atoms with Gasteiger partial charge in [-0.15, -0.1) is 11.3 Å². The summed E-state index contributed by atoms with van der Waals surface area (Å²) in [6, 6.07) is 3.72. The number of halogens is 1. The minimum Gasteiger partial charge on any atom is -0.378 e. The van der Waals surface area contributed by atoms with Crippen LogP contribution in [0.2, 0.25) is 5.28 Å². The molecule has 1 unspecified atom stereocenters. The number of thiophene rings is 1. The van der Waals surface area contributed by atoms with Crippen LogP contribution < -0.4 is 10.2 Å². The normalized spacial score (nSPS) is 25.0. The lowest BCUT2D eigenvalue weighted by Gasteiger charge is -2.43. The van der Waals surface area contributed by atoms with E-state index in [2.05, 4.69) is 31.2 Å². The summed E-state index contributed by atoms with van der Waals surface area (Å²) in [5.74, 6) is 0.977. The van der Waals surface area contributed by atoms with Gasteiger partial charge in [0.25, 0.3) is 0 Å². The predicted molar refractivity (Wildman–Crippen MR) is 119 cm³/mol. The van der Waals surface area contributed by atoms with Gasteiger partial charge < -0.3 is 15.0 Å². The SMILES string of the molecule is Clc1nc(N2CCOCC2)c2cc(CC3CCCCN3C3CCNCC3)sc2n1. The molecule has 8 heteroatoms. The fourth-order valence-electron chi connectivity index (χ4n) is 5.14. The average Bonchev–Trinajstić information content (AvgIpc) is 3.17. The maximum Gasteiger partial charge on any atom is 0.225 e. The number of hydrogen-bond donors (Lipinski definition) is 1. The summed E-state index contributed by atoms with van der Waals surface area (Å²) in [6.45, 7) is 6.78. The minimum atomic E-state index is 0.349. The number of rotatable bonds is 4. The van der Waals surface area contributed by atoms with Crippen LogP contribution in [0, 0.1) is 0 Å². The largest absolute Gasteiger partial charge is 0.378 e. The second kappa shape index (κ2) is 9.02. The number of nitrogens with one attached hydrogen (secondary N) is 1. The highest BCUT2D eigenvalue weighted by Gasteiger charge is 2.30. The molecule has 3 aliphatic rings. The van der Waals surface area contributed by atoms with E-state index in [0.717, 1.165) is 67.9 Å². The van der Waals surface area contributed by atoms with Crippen LogP contribution in [0.1, 0.15) is 37.0 Å². The summed E-state index contributed by atoms with van der Waals surface area (Å²) in [5, 5.41) is 5.01. The van der Waals surface area contributed by atoms with Gasteiger partial charge in [-0.25, -0.2) is 4.98 Å². The van der Waals surface area contributed by atoms with Crippen LogP contribution in [0.4, 0.5) is 5.82 Å². The van der Waals surface area contributed by atoms with Crippen molar-refractivity contribution in [3.05, 3.63) is 16.2 Å². The van der Waals surface area contributed by atoms with Gasteiger partial charge in [0.1, 0.15) is 10.6 Å². The Balaban J connectivity index is 1.39. The zero-order valence-corrected chi connectivity index (χ0v) is 18.5. The highest BCUT2D eigenvalue weighted by atomic mass is 35.5. The van der Waals surface area contributed by atoms with E-state index in [1.54, 1.807) is 11.3 Å². The summed E-state index contributed by atoms with van der Waals surface area (Å²) in [4.78, 5) is 16.7. The van der Waals surface area contributed by atoms with Crippen molar-refractivity contribution in [2.24, 2.45) is 0 Å². The van der Waals surface area contributed by atoms with E-state index in [0.29, 0.717) is 11.3 Å². The van der Waals surface area contributed by atoms with Gasteiger partial charge in [-0.3, -0.25) is 4.90 Å². The first-order valence-electron chi connectivity index (χ1n) is 11.0. The molecular formula is C21H30ClN5OS. The molecule has 1 N–H and O–H groups in total. The Morgan fingerprint density at radius 3 is 2.76 bits per heavy atom. The third-order valence-electron chi connectivity index (χ3n) is 6.59. The number of ether oxygens (including phenoxy) is 1. The zero-order valence-electron chi connectivity index (χ0n) is 16.9. The molecule has 2 aromatic heterocycles. The van der Waals surface area contributed by atoms with E-state index in [1.165, 1.54) is 43.5 Å². The van der Waals surface area contributed by atoms with Gasteiger partial charge >= 0.3 is 0 Å². The Kier molecular flexibility index (Phi) is 6.20. The molecule has 6 nitrogen and oxygen atoms in total. The van der Waals surface area contributed by atoms with E-state index >= 15 is 0 Å². The lowest BCUT2D eigenvalue weighted by atomic mass is 9.93. The maximum absolute atomic E-state index is 6.28. The molecule has 5 rings (SSSR count). The standard InChI is InChI=1S/C21H30ClN5OS/c22-21-24-19(26-9-11-28-12-10-26)18-14-17(29-20(18)25-21)13-16-3-1-2-8-27(16)15-4-6-23-7-5-15/h14-16,23H,1-13H2. The molecule has 0 radical (unpaired) electrons. The van der Waals surface area contributed by atoms with Crippen LogP contribution in [0.5, 0.6) is 0 Å². The van der Waals surface area contributed by atoms with Crippen LogP contribution in [-0.4, -0.2) is 72.9 Å². The van der Waals surface area contributed by atoms with E-state index in [1.807, 2.05) is 0 Å².